The third-order valence-electron chi connectivity index (χ3n) is 3.09. The molecule has 0 radical (unpaired) electrons. The third kappa shape index (κ3) is 5.00. The summed E-state index contributed by atoms with van der Waals surface area (Å²) in [6.45, 7) is 2.60. The van der Waals surface area contributed by atoms with Crippen molar-refractivity contribution in [2.24, 2.45) is 0 Å². The van der Waals surface area contributed by atoms with E-state index in [1.54, 1.807) is 17.9 Å². The Bertz CT molecular complexity index is 572. The minimum Gasteiger partial charge on any atom is -0.383 e. The maximum atomic E-state index is 6.18. The number of benzene rings is 1. The lowest BCUT2D eigenvalue weighted by molar-refractivity contribution is 0.199. The molecule has 1 N–H and O–H groups in total. The topological polar surface area (TPSA) is 39.1 Å². The number of aryl methyl sites for hydroxylation is 1. The maximum absolute atomic E-state index is 6.18. The van der Waals surface area contributed by atoms with E-state index in [9.17, 15) is 0 Å². The third-order valence-corrected chi connectivity index (χ3v) is 3.63. The van der Waals surface area contributed by atoms with E-state index in [0.29, 0.717) is 10.0 Å². The fraction of sp³-hybridized carbons (Fsp3) is 0.400. The molecule has 0 bridgehead atoms. The molecule has 0 spiro atoms. The lowest BCUT2D eigenvalue weighted by atomic mass is 10.2. The smallest absolute Gasteiger partial charge is 0.0832 e. The Morgan fingerprint density at radius 3 is 2.90 bits per heavy atom. The van der Waals surface area contributed by atoms with E-state index in [0.717, 1.165) is 38.2 Å². The first kappa shape index (κ1) is 16.3. The van der Waals surface area contributed by atoms with Crippen molar-refractivity contribution in [1.82, 2.24) is 15.1 Å². The van der Waals surface area contributed by atoms with E-state index in [4.69, 9.17) is 27.9 Å². The summed E-state index contributed by atoms with van der Waals surface area (Å²) in [6.07, 6.45) is 5.92. The van der Waals surface area contributed by atoms with Crippen LogP contribution in [-0.2, 0) is 11.2 Å². The normalized spacial score (nSPS) is 11.0. The molecule has 0 aliphatic rings. The van der Waals surface area contributed by atoms with Crippen LogP contribution in [-0.4, -0.2) is 36.6 Å². The van der Waals surface area contributed by atoms with E-state index >= 15 is 0 Å². The second-order valence-electron chi connectivity index (χ2n) is 4.74. The number of rotatable bonds is 8. The Kier molecular flexibility index (Phi) is 6.51. The molecule has 0 amide bonds. The van der Waals surface area contributed by atoms with Crippen molar-refractivity contribution >= 4 is 23.2 Å². The van der Waals surface area contributed by atoms with Gasteiger partial charge in [-0.3, -0.25) is 0 Å². The molecule has 0 aliphatic heterocycles. The van der Waals surface area contributed by atoms with Gasteiger partial charge in [-0.1, -0.05) is 23.2 Å². The van der Waals surface area contributed by atoms with Gasteiger partial charge in [0, 0.05) is 24.9 Å². The van der Waals surface area contributed by atoms with Gasteiger partial charge in [0.2, 0.25) is 0 Å². The van der Waals surface area contributed by atoms with E-state index in [-0.39, 0.29) is 0 Å². The molecule has 1 aromatic carbocycles. The monoisotopic (exact) mass is 327 g/mol. The van der Waals surface area contributed by atoms with Gasteiger partial charge in [-0.25, -0.2) is 4.68 Å². The van der Waals surface area contributed by atoms with Crippen molar-refractivity contribution in [2.45, 2.75) is 12.8 Å². The van der Waals surface area contributed by atoms with Gasteiger partial charge in [-0.2, -0.15) is 5.10 Å². The number of hydrogen-bond acceptors (Lipinski definition) is 3. The quantitative estimate of drug-likeness (QED) is 0.756. The fourth-order valence-corrected chi connectivity index (χ4v) is 2.50. The van der Waals surface area contributed by atoms with Crippen LogP contribution >= 0.6 is 23.2 Å². The minimum atomic E-state index is 0.596. The zero-order chi connectivity index (χ0) is 15.1. The Morgan fingerprint density at radius 2 is 2.14 bits per heavy atom. The van der Waals surface area contributed by atoms with E-state index in [1.165, 1.54) is 5.56 Å². The number of nitrogens with one attached hydrogen (secondary N) is 1. The largest absolute Gasteiger partial charge is 0.383 e. The first-order valence-electron chi connectivity index (χ1n) is 6.89. The predicted molar refractivity (Wildman–Crippen MR) is 86.7 cm³/mol. The fourth-order valence-electron chi connectivity index (χ4n) is 2.00. The van der Waals surface area contributed by atoms with Crippen LogP contribution in [0.3, 0.4) is 0 Å². The number of ether oxygens (including phenoxy) is 1. The molecule has 0 saturated carbocycles. The Balaban J connectivity index is 1.86. The number of aromatic nitrogens is 2. The highest BCUT2D eigenvalue weighted by molar-refractivity contribution is 6.35. The Morgan fingerprint density at radius 1 is 1.29 bits per heavy atom. The highest BCUT2D eigenvalue weighted by atomic mass is 35.5. The highest BCUT2D eigenvalue weighted by Crippen LogP contribution is 2.24. The van der Waals surface area contributed by atoms with Crippen LogP contribution in [0.4, 0.5) is 0 Å². The van der Waals surface area contributed by atoms with Crippen LogP contribution < -0.4 is 5.32 Å². The van der Waals surface area contributed by atoms with Gasteiger partial charge in [0.15, 0.2) is 0 Å². The van der Waals surface area contributed by atoms with Crippen molar-refractivity contribution in [1.29, 1.82) is 0 Å². The molecular formula is C15H19Cl2N3O. The molecule has 0 aliphatic carbocycles. The van der Waals surface area contributed by atoms with E-state index < -0.39 is 0 Å². The summed E-state index contributed by atoms with van der Waals surface area (Å²) >= 11 is 12.1. The van der Waals surface area contributed by atoms with Gasteiger partial charge in [-0.05, 0) is 43.1 Å². The molecular weight excluding hydrogens is 309 g/mol. The zero-order valence-corrected chi connectivity index (χ0v) is 13.5. The first-order chi connectivity index (χ1) is 10.2. The van der Waals surface area contributed by atoms with Crippen LogP contribution in [0.25, 0.3) is 5.69 Å². The first-order valence-corrected chi connectivity index (χ1v) is 7.65. The van der Waals surface area contributed by atoms with Gasteiger partial charge >= 0.3 is 0 Å². The molecule has 0 saturated heterocycles. The molecule has 2 aromatic rings. The Hall–Kier alpha value is -1.07. The summed E-state index contributed by atoms with van der Waals surface area (Å²) in [5.41, 5.74) is 2.03. The van der Waals surface area contributed by atoms with Gasteiger partial charge in [0.05, 0.1) is 23.5 Å². The molecule has 114 valence electrons. The van der Waals surface area contributed by atoms with Crippen molar-refractivity contribution in [3.05, 3.63) is 46.2 Å². The van der Waals surface area contributed by atoms with Crippen molar-refractivity contribution in [2.75, 3.05) is 26.8 Å². The van der Waals surface area contributed by atoms with Gasteiger partial charge in [0.25, 0.3) is 0 Å². The van der Waals surface area contributed by atoms with Crippen molar-refractivity contribution in [3.8, 4) is 5.69 Å². The summed E-state index contributed by atoms with van der Waals surface area (Å²) in [4.78, 5) is 0. The average molecular weight is 328 g/mol. The van der Waals surface area contributed by atoms with Crippen LogP contribution in [0, 0.1) is 0 Å². The molecule has 1 heterocycles. The lowest BCUT2D eigenvalue weighted by Crippen LogP contribution is -2.20. The summed E-state index contributed by atoms with van der Waals surface area (Å²) < 4.78 is 6.76. The van der Waals surface area contributed by atoms with Crippen LogP contribution in [0.2, 0.25) is 10.0 Å². The molecule has 0 fully saturated rings. The molecule has 0 atom stereocenters. The maximum Gasteiger partial charge on any atom is 0.0832 e. The number of hydrogen-bond donors (Lipinski definition) is 1. The molecule has 1 aromatic heterocycles. The second kappa shape index (κ2) is 8.39. The van der Waals surface area contributed by atoms with E-state index in [2.05, 4.69) is 10.4 Å². The minimum absolute atomic E-state index is 0.596. The molecule has 21 heavy (non-hydrogen) atoms. The van der Waals surface area contributed by atoms with Crippen LogP contribution in [0.5, 0.6) is 0 Å². The second-order valence-corrected chi connectivity index (χ2v) is 5.58. The lowest BCUT2D eigenvalue weighted by Gasteiger charge is -2.04. The van der Waals surface area contributed by atoms with Crippen LogP contribution in [0.15, 0.2) is 30.6 Å². The predicted octanol–water partition coefficient (Wildman–Crippen LogP) is 3.35. The Labute approximate surface area is 135 Å². The number of halogens is 2. The SMILES string of the molecule is COCCNCCCc1cnn(-c2ccc(Cl)cc2Cl)c1. The zero-order valence-electron chi connectivity index (χ0n) is 12.0. The highest BCUT2D eigenvalue weighted by Gasteiger charge is 2.06. The van der Waals surface area contributed by atoms with Crippen molar-refractivity contribution < 1.29 is 4.74 Å². The van der Waals surface area contributed by atoms with Gasteiger partial charge in [-0.15, -0.1) is 0 Å². The van der Waals surface area contributed by atoms with Gasteiger partial charge in [0.1, 0.15) is 0 Å². The van der Waals surface area contributed by atoms with E-state index in [1.807, 2.05) is 24.5 Å². The average Bonchev–Trinajstić information content (AvgIpc) is 2.91. The van der Waals surface area contributed by atoms with Gasteiger partial charge < -0.3 is 10.1 Å². The summed E-state index contributed by atoms with van der Waals surface area (Å²) in [7, 11) is 1.71. The van der Waals surface area contributed by atoms with Crippen LogP contribution in [0.1, 0.15) is 12.0 Å². The summed E-state index contributed by atoms with van der Waals surface area (Å²) in [5, 5.41) is 8.90. The number of methoxy groups -OCH3 is 1. The molecule has 0 unspecified atom stereocenters. The number of nitrogens with zero attached hydrogens (tertiary/aromatic N) is 2. The molecule has 2 rings (SSSR count). The van der Waals surface area contributed by atoms with Crippen molar-refractivity contribution in [3.63, 3.8) is 0 Å². The molecule has 6 heteroatoms. The molecule has 4 nitrogen and oxygen atoms in total. The standard InChI is InChI=1S/C15H19Cl2N3O/c1-21-8-7-18-6-2-3-12-10-19-20(11-12)15-5-4-13(16)9-14(15)17/h4-5,9-11,18H,2-3,6-8H2,1H3. The summed E-state index contributed by atoms with van der Waals surface area (Å²) in [6, 6.07) is 5.40. The summed E-state index contributed by atoms with van der Waals surface area (Å²) in [5.74, 6) is 0.